The van der Waals surface area contributed by atoms with Gasteiger partial charge in [-0.1, -0.05) is 167 Å². The van der Waals surface area contributed by atoms with E-state index in [4.69, 9.17) is 9.05 Å². The molecule has 0 aliphatic carbocycles. The lowest BCUT2D eigenvalue weighted by Gasteiger charge is -2.29. The second kappa shape index (κ2) is 32.2. The van der Waals surface area contributed by atoms with E-state index in [2.05, 4.69) is 19.2 Å². The smallest absolute Gasteiger partial charge is 0.268 e. The van der Waals surface area contributed by atoms with Crippen LogP contribution in [-0.4, -0.2) is 68.5 Å². The highest BCUT2D eigenvalue weighted by atomic mass is 31.2. The van der Waals surface area contributed by atoms with Crippen LogP contribution in [0.25, 0.3) is 0 Å². The number of hydrogen-bond donors (Lipinski definition) is 2. The number of aliphatic hydroxyl groups excluding tert-OH is 1. The third kappa shape index (κ3) is 33.7. The van der Waals surface area contributed by atoms with Gasteiger partial charge >= 0.3 is 0 Å². The SMILES string of the molecule is CCCCCCCCCCCCC/C=C/C(O)[C@@H](COP(=O)([O-])OCC[N+](C)(C)C)NC(=O)CCCCCCCCCCCCCCC. The van der Waals surface area contributed by atoms with Gasteiger partial charge < -0.3 is 28.8 Å². The number of nitrogens with zero attached hydrogens (tertiary/aromatic N) is 1. The number of carbonyl (C=O) groups is 1. The van der Waals surface area contributed by atoms with Gasteiger partial charge in [-0.05, 0) is 19.3 Å². The molecule has 3 atom stereocenters. The van der Waals surface area contributed by atoms with E-state index in [1.807, 2.05) is 27.2 Å². The van der Waals surface area contributed by atoms with Crippen molar-refractivity contribution in [1.29, 1.82) is 0 Å². The number of amides is 1. The molecule has 0 aliphatic heterocycles. The van der Waals surface area contributed by atoms with Gasteiger partial charge in [-0.3, -0.25) is 9.36 Å². The van der Waals surface area contributed by atoms with Crippen molar-refractivity contribution in [1.82, 2.24) is 5.32 Å². The highest BCUT2D eigenvalue weighted by Crippen LogP contribution is 2.38. The van der Waals surface area contributed by atoms with Crippen LogP contribution in [0.1, 0.15) is 181 Å². The minimum absolute atomic E-state index is 0.00175. The maximum absolute atomic E-state index is 12.8. The van der Waals surface area contributed by atoms with Crippen molar-refractivity contribution in [2.24, 2.45) is 0 Å². The molecule has 1 amide bonds. The number of allylic oxidation sites excluding steroid dienone is 1. The van der Waals surface area contributed by atoms with Crippen LogP contribution in [0.5, 0.6) is 0 Å². The predicted octanol–water partition coefficient (Wildman–Crippen LogP) is 9.78. The van der Waals surface area contributed by atoms with Crippen molar-refractivity contribution in [2.45, 2.75) is 193 Å². The van der Waals surface area contributed by atoms with Crippen molar-refractivity contribution >= 4 is 13.7 Å². The number of quaternary nitrogens is 1. The molecule has 2 unspecified atom stereocenters. The van der Waals surface area contributed by atoms with E-state index in [1.165, 1.54) is 122 Å². The minimum Gasteiger partial charge on any atom is -0.756 e. The van der Waals surface area contributed by atoms with Crippen LogP contribution >= 0.6 is 7.82 Å². The molecule has 0 heterocycles. The molecule has 0 saturated carbocycles. The van der Waals surface area contributed by atoms with Gasteiger partial charge in [-0.15, -0.1) is 0 Å². The monoisotopic (exact) mass is 703 g/mol. The molecule has 0 aromatic carbocycles. The number of phosphoric acid groups is 1. The van der Waals surface area contributed by atoms with Crippen molar-refractivity contribution in [3.8, 4) is 0 Å². The fraction of sp³-hybridized carbons (Fsp3) is 0.923. The highest BCUT2D eigenvalue weighted by molar-refractivity contribution is 7.45. The van der Waals surface area contributed by atoms with Crippen molar-refractivity contribution < 1.29 is 32.9 Å². The Bertz CT molecular complexity index is 804. The molecule has 2 N–H and O–H groups in total. The Kier molecular flexibility index (Phi) is 31.7. The molecule has 0 saturated heterocycles. The van der Waals surface area contributed by atoms with Crippen molar-refractivity contribution in [3.05, 3.63) is 12.2 Å². The molecule has 286 valence electrons. The standard InChI is InChI=1S/C39H79N2O6P/c1-6-8-10-12-14-16-18-20-22-24-26-28-30-32-38(42)37(36-47-48(44,45)46-35-34-41(3,4)5)40-39(43)33-31-29-27-25-23-21-19-17-15-13-11-9-7-2/h30,32,37-38,42H,6-29,31,33-36H2,1-5H3,(H-,40,43,44,45)/b32-30+/t37-,38?/m1/s1. The lowest BCUT2D eigenvalue weighted by molar-refractivity contribution is -0.870. The molecule has 48 heavy (non-hydrogen) atoms. The zero-order valence-electron chi connectivity index (χ0n) is 32.2. The predicted molar refractivity (Wildman–Crippen MR) is 201 cm³/mol. The van der Waals surface area contributed by atoms with E-state index in [-0.39, 0.29) is 19.1 Å². The fourth-order valence-electron chi connectivity index (χ4n) is 5.74. The van der Waals surface area contributed by atoms with Gasteiger partial charge in [0.1, 0.15) is 13.2 Å². The number of nitrogens with one attached hydrogen (secondary N) is 1. The molecule has 8 nitrogen and oxygen atoms in total. The summed E-state index contributed by atoms with van der Waals surface area (Å²) in [5, 5.41) is 13.7. The molecule has 0 spiro atoms. The second-order valence-corrected chi connectivity index (χ2v) is 16.4. The molecule has 0 aliphatic rings. The van der Waals surface area contributed by atoms with Crippen LogP contribution in [0.2, 0.25) is 0 Å². The normalized spacial score (nSPS) is 14.7. The Hall–Kier alpha value is -0.760. The molecular formula is C39H79N2O6P. The van der Waals surface area contributed by atoms with E-state index >= 15 is 0 Å². The van der Waals surface area contributed by atoms with Gasteiger partial charge in [0.25, 0.3) is 7.82 Å². The summed E-state index contributed by atoms with van der Waals surface area (Å²) >= 11 is 0. The summed E-state index contributed by atoms with van der Waals surface area (Å²) in [6.45, 7) is 4.63. The number of carbonyl (C=O) groups excluding carboxylic acids is 1. The molecule has 0 aromatic rings. The third-order valence-electron chi connectivity index (χ3n) is 9.00. The molecule has 0 radical (unpaired) electrons. The van der Waals surface area contributed by atoms with Gasteiger partial charge in [0.2, 0.25) is 5.91 Å². The topological polar surface area (TPSA) is 108 Å². The zero-order valence-corrected chi connectivity index (χ0v) is 33.1. The summed E-state index contributed by atoms with van der Waals surface area (Å²) in [4.78, 5) is 25.2. The maximum Gasteiger partial charge on any atom is 0.268 e. The number of hydrogen-bond acceptors (Lipinski definition) is 6. The Morgan fingerprint density at radius 1 is 0.708 bits per heavy atom. The Morgan fingerprint density at radius 3 is 1.56 bits per heavy atom. The molecule has 0 fully saturated rings. The highest BCUT2D eigenvalue weighted by Gasteiger charge is 2.23. The first kappa shape index (κ1) is 47.2. The summed E-state index contributed by atoms with van der Waals surface area (Å²) < 4.78 is 23.1. The quantitative estimate of drug-likeness (QED) is 0.0291. The van der Waals surface area contributed by atoms with Gasteiger partial charge in [0.15, 0.2) is 0 Å². The van der Waals surface area contributed by atoms with Gasteiger partial charge in [-0.25, -0.2) is 0 Å². The Morgan fingerprint density at radius 2 is 1.12 bits per heavy atom. The summed E-state index contributed by atoms with van der Waals surface area (Å²) in [5.74, 6) is -0.198. The number of phosphoric ester groups is 1. The summed E-state index contributed by atoms with van der Waals surface area (Å²) in [7, 11) is 1.27. The van der Waals surface area contributed by atoms with Crippen LogP contribution in [0.3, 0.4) is 0 Å². The maximum atomic E-state index is 12.8. The minimum atomic E-state index is -4.57. The average Bonchev–Trinajstić information content (AvgIpc) is 3.02. The molecule has 9 heteroatoms. The first-order valence-corrected chi connectivity index (χ1v) is 21.5. The fourth-order valence-corrected chi connectivity index (χ4v) is 6.46. The molecule has 0 bridgehead atoms. The first-order chi connectivity index (χ1) is 23.0. The van der Waals surface area contributed by atoms with Crippen LogP contribution in [0, 0.1) is 0 Å². The van der Waals surface area contributed by atoms with E-state index in [0.717, 1.165) is 38.5 Å². The van der Waals surface area contributed by atoms with Crippen LogP contribution in [-0.2, 0) is 18.4 Å². The van der Waals surface area contributed by atoms with Gasteiger partial charge in [0, 0.05) is 6.42 Å². The lowest BCUT2D eigenvalue weighted by Crippen LogP contribution is -2.45. The van der Waals surface area contributed by atoms with Crippen LogP contribution < -0.4 is 10.2 Å². The van der Waals surface area contributed by atoms with E-state index in [0.29, 0.717) is 17.4 Å². The number of unbranched alkanes of at least 4 members (excludes halogenated alkanes) is 23. The van der Waals surface area contributed by atoms with Gasteiger partial charge in [-0.2, -0.15) is 0 Å². The Labute approximate surface area is 297 Å². The number of aliphatic hydroxyl groups is 1. The number of likely N-dealkylation sites (N-methyl/N-ethyl adjacent to an activating group) is 1. The largest absolute Gasteiger partial charge is 0.756 e. The third-order valence-corrected chi connectivity index (χ3v) is 9.96. The van der Waals surface area contributed by atoms with Crippen LogP contribution in [0.4, 0.5) is 0 Å². The summed E-state index contributed by atoms with van der Waals surface area (Å²) in [5.41, 5.74) is 0. The number of rotatable bonds is 36. The van der Waals surface area contributed by atoms with Crippen molar-refractivity contribution in [3.63, 3.8) is 0 Å². The average molecular weight is 703 g/mol. The van der Waals surface area contributed by atoms with Crippen LogP contribution in [0.15, 0.2) is 12.2 Å². The van der Waals surface area contributed by atoms with Gasteiger partial charge in [0.05, 0.1) is 39.9 Å². The first-order valence-electron chi connectivity index (χ1n) is 20.1. The molecular weight excluding hydrogens is 623 g/mol. The lowest BCUT2D eigenvalue weighted by atomic mass is 10.0. The zero-order chi connectivity index (χ0) is 35.8. The van der Waals surface area contributed by atoms with E-state index < -0.39 is 20.0 Å². The Balaban J connectivity index is 4.50. The van der Waals surface area contributed by atoms with Crippen molar-refractivity contribution in [2.75, 3.05) is 40.9 Å². The molecule has 0 rings (SSSR count). The summed E-state index contributed by atoms with van der Waals surface area (Å²) in [6.07, 6.45) is 33.8. The second-order valence-electron chi connectivity index (χ2n) is 15.0. The van der Waals surface area contributed by atoms with E-state index in [9.17, 15) is 19.4 Å². The summed E-state index contributed by atoms with van der Waals surface area (Å²) in [6, 6.07) is -0.877. The van der Waals surface area contributed by atoms with E-state index in [1.54, 1.807) is 6.08 Å². The molecule has 0 aromatic heterocycles.